The molecule has 13 heavy (non-hydrogen) atoms. The van der Waals surface area contributed by atoms with Gasteiger partial charge in [-0.3, -0.25) is 0 Å². The number of unbranched alkanes of at least 4 members (excludes halogenated alkanes) is 2. The van der Waals surface area contributed by atoms with E-state index in [9.17, 15) is 4.79 Å². The molecular weight excluding hydrogens is 190 g/mol. The summed E-state index contributed by atoms with van der Waals surface area (Å²) in [6.07, 6.45) is 4.65. The predicted molar refractivity (Wildman–Crippen MR) is 56.1 cm³/mol. The van der Waals surface area contributed by atoms with Crippen molar-refractivity contribution in [2.75, 3.05) is 0 Å². The van der Waals surface area contributed by atoms with Gasteiger partial charge >= 0.3 is 6.09 Å². The molecule has 0 radical (unpaired) electrons. The monoisotopic (exact) mass is 209 g/mol. The summed E-state index contributed by atoms with van der Waals surface area (Å²) in [6, 6.07) is 0. The lowest BCUT2D eigenvalue weighted by molar-refractivity contribution is 0.0970. The number of carbonyl (C=O) groups is 1. The number of primary amides is 1. The first-order valence-corrected chi connectivity index (χ1v) is 4.66. The highest BCUT2D eigenvalue weighted by Crippen LogP contribution is 2.09. The van der Waals surface area contributed by atoms with Crippen molar-refractivity contribution in [2.45, 2.75) is 52.1 Å². The Morgan fingerprint density at radius 1 is 1.38 bits per heavy atom. The third-order valence-electron chi connectivity index (χ3n) is 1.87. The second kappa shape index (κ2) is 9.65. The number of ether oxygens (including phenoxy) is 1. The Bertz CT molecular complexity index is 131. The Balaban J connectivity index is 0. The van der Waals surface area contributed by atoms with Crippen LogP contribution in [0.2, 0.25) is 0 Å². The molecule has 0 saturated heterocycles. The average Bonchev–Trinajstić information content (AvgIpc) is 2.02. The number of hydrogen-bond acceptors (Lipinski definition) is 2. The van der Waals surface area contributed by atoms with Crippen molar-refractivity contribution >= 4 is 18.5 Å². The van der Waals surface area contributed by atoms with Gasteiger partial charge in [0, 0.05) is 0 Å². The van der Waals surface area contributed by atoms with Crippen LogP contribution in [0.4, 0.5) is 4.79 Å². The van der Waals surface area contributed by atoms with Crippen molar-refractivity contribution in [1.29, 1.82) is 0 Å². The zero-order valence-corrected chi connectivity index (χ0v) is 9.23. The summed E-state index contributed by atoms with van der Waals surface area (Å²) in [5.41, 5.74) is 4.91. The standard InChI is InChI=1S/C9H19NO2.ClH/c1-3-5-6-7-8(4-2)12-9(10)11;/h8H,3-7H2,1-2H3,(H2,10,11);1H. The van der Waals surface area contributed by atoms with Crippen molar-refractivity contribution in [1.82, 2.24) is 0 Å². The van der Waals surface area contributed by atoms with Crippen LogP contribution in [-0.4, -0.2) is 12.2 Å². The van der Waals surface area contributed by atoms with Crippen LogP contribution in [0.15, 0.2) is 0 Å². The van der Waals surface area contributed by atoms with Crippen LogP contribution >= 0.6 is 12.4 Å². The molecular formula is C9H20ClNO2. The minimum atomic E-state index is -0.654. The third kappa shape index (κ3) is 9.47. The molecule has 0 heterocycles. The summed E-state index contributed by atoms with van der Waals surface area (Å²) in [5.74, 6) is 0. The quantitative estimate of drug-likeness (QED) is 0.684. The van der Waals surface area contributed by atoms with Crippen molar-refractivity contribution in [2.24, 2.45) is 5.73 Å². The minimum Gasteiger partial charge on any atom is -0.446 e. The SMILES string of the molecule is CCCCCC(CC)OC(N)=O.Cl. The maximum absolute atomic E-state index is 10.4. The zero-order valence-electron chi connectivity index (χ0n) is 8.41. The van der Waals surface area contributed by atoms with Gasteiger partial charge in [-0.05, 0) is 19.3 Å². The number of amides is 1. The molecule has 4 heteroatoms. The average molecular weight is 210 g/mol. The fraction of sp³-hybridized carbons (Fsp3) is 0.889. The lowest BCUT2D eigenvalue weighted by atomic mass is 10.1. The van der Waals surface area contributed by atoms with Crippen LogP contribution in [0, 0.1) is 0 Å². The van der Waals surface area contributed by atoms with Gasteiger partial charge in [-0.25, -0.2) is 4.79 Å². The second-order valence-corrected chi connectivity index (χ2v) is 2.96. The van der Waals surface area contributed by atoms with Crippen LogP contribution < -0.4 is 5.73 Å². The van der Waals surface area contributed by atoms with E-state index < -0.39 is 6.09 Å². The molecule has 1 atom stereocenters. The van der Waals surface area contributed by atoms with Crippen LogP contribution in [-0.2, 0) is 4.74 Å². The molecule has 0 aliphatic heterocycles. The first-order valence-electron chi connectivity index (χ1n) is 4.66. The lowest BCUT2D eigenvalue weighted by Gasteiger charge is -2.13. The first-order chi connectivity index (χ1) is 5.70. The normalized spacial score (nSPS) is 11.5. The Morgan fingerprint density at radius 3 is 2.38 bits per heavy atom. The number of carbonyl (C=O) groups excluding carboxylic acids is 1. The van der Waals surface area contributed by atoms with Crippen LogP contribution in [0.25, 0.3) is 0 Å². The largest absolute Gasteiger partial charge is 0.446 e. The second-order valence-electron chi connectivity index (χ2n) is 2.96. The van der Waals surface area contributed by atoms with E-state index >= 15 is 0 Å². The molecule has 2 N–H and O–H groups in total. The fourth-order valence-electron chi connectivity index (χ4n) is 1.13. The third-order valence-corrected chi connectivity index (χ3v) is 1.87. The topological polar surface area (TPSA) is 52.3 Å². The number of hydrogen-bond donors (Lipinski definition) is 1. The Morgan fingerprint density at radius 2 is 2.00 bits per heavy atom. The van der Waals surface area contributed by atoms with Crippen molar-refractivity contribution in [3.8, 4) is 0 Å². The van der Waals surface area contributed by atoms with Gasteiger partial charge in [0.05, 0.1) is 0 Å². The zero-order chi connectivity index (χ0) is 9.40. The van der Waals surface area contributed by atoms with Crippen LogP contribution in [0.5, 0.6) is 0 Å². The maximum Gasteiger partial charge on any atom is 0.404 e. The number of nitrogens with two attached hydrogens (primary N) is 1. The number of halogens is 1. The molecule has 0 saturated carbocycles. The maximum atomic E-state index is 10.4. The van der Waals surface area contributed by atoms with E-state index in [-0.39, 0.29) is 18.5 Å². The number of rotatable bonds is 6. The minimum absolute atomic E-state index is 0. The lowest BCUT2D eigenvalue weighted by Crippen LogP contribution is -2.22. The van der Waals surface area contributed by atoms with Gasteiger partial charge in [0.2, 0.25) is 0 Å². The van der Waals surface area contributed by atoms with Crippen LogP contribution in [0.3, 0.4) is 0 Å². The van der Waals surface area contributed by atoms with Gasteiger partial charge in [0.15, 0.2) is 0 Å². The summed E-state index contributed by atoms with van der Waals surface area (Å²) in [5, 5.41) is 0. The van der Waals surface area contributed by atoms with E-state index in [1.165, 1.54) is 12.8 Å². The smallest absolute Gasteiger partial charge is 0.404 e. The van der Waals surface area contributed by atoms with Crippen LogP contribution in [0.1, 0.15) is 46.0 Å². The van der Waals surface area contributed by atoms with E-state index in [4.69, 9.17) is 10.5 Å². The molecule has 80 valence electrons. The Hall–Kier alpha value is -0.440. The van der Waals surface area contributed by atoms with E-state index in [1.54, 1.807) is 0 Å². The van der Waals surface area contributed by atoms with Gasteiger partial charge in [0.1, 0.15) is 6.10 Å². The molecule has 0 rings (SSSR count). The highest BCUT2D eigenvalue weighted by atomic mass is 35.5. The highest BCUT2D eigenvalue weighted by molar-refractivity contribution is 5.85. The van der Waals surface area contributed by atoms with Gasteiger partial charge in [-0.1, -0.05) is 26.7 Å². The highest BCUT2D eigenvalue weighted by Gasteiger charge is 2.08. The van der Waals surface area contributed by atoms with E-state index in [0.29, 0.717) is 0 Å². The molecule has 1 amide bonds. The molecule has 0 aromatic carbocycles. The van der Waals surface area contributed by atoms with Crippen molar-refractivity contribution in [3.05, 3.63) is 0 Å². The molecule has 0 aliphatic carbocycles. The van der Waals surface area contributed by atoms with Gasteiger partial charge in [-0.2, -0.15) is 0 Å². The van der Waals surface area contributed by atoms with E-state index in [1.807, 2.05) is 6.92 Å². The Kier molecular flexibility index (Phi) is 11.2. The van der Waals surface area contributed by atoms with E-state index in [2.05, 4.69) is 6.92 Å². The predicted octanol–water partition coefficient (Wildman–Crippen LogP) is 2.86. The Labute approximate surface area is 86.4 Å². The molecule has 0 aliphatic rings. The van der Waals surface area contributed by atoms with Gasteiger partial charge in [-0.15, -0.1) is 12.4 Å². The molecule has 1 unspecified atom stereocenters. The fourth-order valence-corrected chi connectivity index (χ4v) is 1.13. The van der Waals surface area contributed by atoms with Gasteiger partial charge < -0.3 is 10.5 Å². The van der Waals surface area contributed by atoms with E-state index in [0.717, 1.165) is 19.3 Å². The molecule has 0 bridgehead atoms. The molecule has 0 aromatic rings. The summed E-state index contributed by atoms with van der Waals surface area (Å²) >= 11 is 0. The van der Waals surface area contributed by atoms with Crippen molar-refractivity contribution < 1.29 is 9.53 Å². The summed E-state index contributed by atoms with van der Waals surface area (Å²) in [4.78, 5) is 10.4. The first kappa shape index (κ1) is 15.1. The summed E-state index contributed by atoms with van der Waals surface area (Å²) in [6.45, 7) is 4.15. The molecule has 0 spiro atoms. The molecule has 0 aromatic heterocycles. The molecule has 3 nitrogen and oxygen atoms in total. The van der Waals surface area contributed by atoms with Gasteiger partial charge in [0.25, 0.3) is 0 Å². The summed E-state index contributed by atoms with van der Waals surface area (Å²) in [7, 11) is 0. The molecule has 0 fully saturated rings. The summed E-state index contributed by atoms with van der Waals surface area (Å²) < 4.78 is 4.88. The van der Waals surface area contributed by atoms with Crippen molar-refractivity contribution in [3.63, 3.8) is 0 Å².